The molecule has 0 unspecified atom stereocenters. The van der Waals surface area contributed by atoms with Crippen LogP contribution in [0.2, 0.25) is 0 Å². The molecule has 1 aromatic rings. The summed E-state index contributed by atoms with van der Waals surface area (Å²) >= 11 is 0. The van der Waals surface area contributed by atoms with Crippen molar-refractivity contribution in [1.82, 2.24) is 14.9 Å². The number of morpholine rings is 1. The van der Waals surface area contributed by atoms with Gasteiger partial charge in [-0.2, -0.15) is 4.98 Å². The second-order valence-corrected chi connectivity index (χ2v) is 5.22. The van der Waals surface area contributed by atoms with Crippen LogP contribution in [0.5, 0.6) is 5.88 Å². The van der Waals surface area contributed by atoms with Crippen molar-refractivity contribution in [3.05, 3.63) is 11.9 Å². The quantitative estimate of drug-likeness (QED) is 0.737. The Morgan fingerprint density at radius 1 is 1.33 bits per heavy atom. The molecule has 21 heavy (non-hydrogen) atoms. The highest BCUT2D eigenvalue weighted by Crippen LogP contribution is 2.13. The van der Waals surface area contributed by atoms with E-state index in [1.807, 2.05) is 13.0 Å². The maximum Gasteiger partial charge on any atom is 0.218 e. The highest BCUT2D eigenvalue weighted by Gasteiger charge is 2.09. The third kappa shape index (κ3) is 5.85. The Kier molecular flexibility index (Phi) is 6.69. The molecule has 2 heterocycles. The van der Waals surface area contributed by atoms with E-state index in [1.165, 1.54) is 0 Å². The molecule has 0 radical (unpaired) electrons. The number of aryl methyl sites for hydroxylation is 1. The Hall–Kier alpha value is -1.40. The number of unbranched alkanes of at least 4 members (excludes halogenated alkanes) is 1. The molecule has 0 amide bonds. The summed E-state index contributed by atoms with van der Waals surface area (Å²) in [5, 5.41) is 3.35. The summed E-state index contributed by atoms with van der Waals surface area (Å²) in [5.74, 6) is 2.23. The molecule has 118 valence electrons. The first-order valence-corrected chi connectivity index (χ1v) is 7.80. The van der Waals surface area contributed by atoms with Crippen LogP contribution in [0.3, 0.4) is 0 Å². The summed E-state index contributed by atoms with van der Waals surface area (Å²) < 4.78 is 11.0. The summed E-state index contributed by atoms with van der Waals surface area (Å²) in [7, 11) is 0. The lowest BCUT2D eigenvalue weighted by atomic mass is 10.4. The summed E-state index contributed by atoms with van der Waals surface area (Å²) in [6.07, 6.45) is 2.16. The number of rotatable bonds is 8. The van der Waals surface area contributed by atoms with Gasteiger partial charge in [0.05, 0.1) is 19.8 Å². The third-order valence-electron chi connectivity index (χ3n) is 3.40. The fourth-order valence-corrected chi connectivity index (χ4v) is 2.19. The minimum atomic E-state index is 0.657. The van der Waals surface area contributed by atoms with E-state index < -0.39 is 0 Å². The lowest BCUT2D eigenvalue weighted by Crippen LogP contribution is -2.39. The topological polar surface area (TPSA) is 59.5 Å². The molecule has 0 aromatic carbocycles. The van der Waals surface area contributed by atoms with Gasteiger partial charge in [-0.25, -0.2) is 4.98 Å². The number of nitrogens with one attached hydrogen (secondary N) is 1. The van der Waals surface area contributed by atoms with Gasteiger partial charge in [0, 0.05) is 32.2 Å². The van der Waals surface area contributed by atoms with Crippen molar-refractivity contribution in [2.75, 3.05) is 51.3 Å². The molecular formula is C15H26N4O2. The minimum Gasteiger partial charge on any atom is -0.478 e. The van der Waals surface area contributed by atoms with Gasteiger partial charge < -0.3 is 14.8 Å². The summed E-state index contributed by atoms with van der Waals surface area (Å²) in [5.41, 5.74) is 0. The molecule has 0 atom stereocenters. The maximum absolute atomic E-state index is 5.65. The zero-order chi connectivity index (χ0) is 14.9. The third-order valence-corrected chi connectivity index (χ3v) is 3.40. The van der Waals surface area contributed by atoms with Gasteiger partial charge in [0.25, 0.3) is 0 Å². The first-order valence-electron chi connectivity index (χ1n) is 7.80. The fraction of sp³-hybridized carbons (Fsp3) is 0.733. The second kappa shape index (κ2) is 8.79. The Bertz CT molecular complexity index is 422. The van der Waals surface area contributed by atoms with Crippen LogP contribution in [-0.2, 0) is 4.74 Å². The van der Waals surface area contributed by atoms with E-state index in [2.05, 4.69) is 27.1 Å². The second-order valence-electron chi connectivity index (χ2n) is 5.22. The largest absolute Gasteiger partial charge is 0.478 e. The fourth-order valence-electron chi connectivity index (χ4n) is 2.19. The number of hydrogen-bond donors (Lipinski definition) is 1. The van der Waals surface area contributed by atoms with Crippen molar-refractivity contribution < 1.29 is 9.47 Å². The molecule has 0 saturated carbocycles. The maximum atomic E-state index is 5.65. The van der Waals surface area contributed by atoms with E-state index in [0.29, 0.717) is 12.5 Å². The Balaban J connectivity index is 1.78. The predicted octanol–water partition coefficient (Wildman–Crippen LogP) is 1.71. The van der Waals surface area contributed by atoms with Crippen molar-refractivity contribution >= 4 is 5.82 Å². The summed E-state index contributed by atoms with van der Waals surface area (Å²) in [6, 6.07) is 1.88. The highest BCUT2D eigenvalue weighted by atomic mass is 16.5. The normalized spacial score (nSPS) is 15.9. The van der Waals surface area contributed by atoms with Gasteiger partial charge in [-0.15, -0.1) is 0 Å². The molecule has 1 aliphatic rings. The number of nitrogens with zero attached hydrogens (tertiary/aromatic N) is 3. The van der Waals surface area contributed by atoms with E-state index >= 15 is 0 Å². The van der Waals surface area contributed by atoms with Gasteiger partial charge in [0.1, 0.15) is 11.6 Å². The van der Waals surface area contributed by atoms with Gasteiger partial charge in [0.2, 0.25) is 5.88 Å². The standard InChI is InChI=1S/C15H26N4O2/c1-3-4-9-21-15-12-14(17-13(2)18-15)16-5-6-19-7-10-20-11-8-19/h12H,3-11H2,1-2H3,(H,16,17,18). The first kappa shape index (κ1) is 16.0. The molecule has 0 spiro atoms. The summed E-state index contributed by atoms with van der Waals surface area (Å²) in [4.78, 5) is 11.1. The molecule has 0 bridgehead atoms. The van der Waals surface area contributed by atoms with Crippen LogP contribution in [0.4, 0.5) is 5.82 Å². The van der Waals surface area contributed by atoms with Crippen LogP contribution < -0.4 is 10.1 Å². The van der Waals surface area contributed by atoms with Crippen LogP contribution in [0.15, 0.2) is 6.07 Å². The van der Waals surface area contributed by atoms with Crippen molar-refractivity contribution in [3.8, 4) is 5.88 Å². The van der Waals surface area contributed by atoms with Crippen molar-refractivity contribution in [2.24, 2.45) is 0 Å². The average Bonchev–Trinajstić information content (AvgIpc) is 2.48. The molecule has 2 rings (SSSR count). The lowest BCUT2D eigenvalue weighted by molar-refractivity contribution is 0.0398. The van der Waals surface area contributed by atoms with E-state index in [1.54, 1.807) is 0 Å². The van der Waals surface area contributed by atoms with E-state index in [-0.39, 0.29) is 0 Å². The van der Waals surface area contributed by atoms with Crippen molar-refractivity contribution in [1.29, 1.82) is 0 Å². The van der Waals surface area contributed by atoms with Gasteiger partial charge in [-0.05, 0) is 13.3 Å². The smallest absolute Gasteiger partial charge is 0.218 e. The SMILES string of the molecule is CCCCOc1cc(NCCN2CCOCC2)nc(C)n1. The number of hydrogen-bond acceptors (Lipinski definition) is 6. The Morgan fingerprint density at radius 2 is 2.14 bits per heavy atom. The van der Waals surface area contributed by atoms with Crippen LogP contribution in [-0.4, -0.2) is 60.9 Å². The van der Waals surface area contributed by atoms with Gasteiger partial charge >= 0.3 is 0 Å². The monoisotopic (exact) mass is 294 g/mol. The van der Waals surface area contributed by atoms with Crippen molar-refractivity contribution in [2.45, 2.75) is 26.7 Å². The van der Waals surface area contributed by atoms with Gasteiger partial charge in [-0.1, -0.05) is 13.3 Å². The molecule has 1 aliphatic heterocycles. The molecule has 6 heteroatoms. The zero-order valence-electron chi connectivity index (χ0n) is 13.1. The molecule has 1 aromatic heterocycles. The summed E-state index contributed by atoms with van der Waals surface area (Å²) in [6.45, 7) is 10.3. The first-order chi connectivity index (χ1) is 10.3. The van der Waals surface area contributed by atoms with E-state index in [9.17, 15) is 0 Å². The molecule has 1 saturated heterocycles. The predicted molar refractivity (Wildman–Crippen MR) is 82.9 cm³/mol. The van der Waals surface area contributed by atoms with Crippen LogP contribution in [0.1, 0.15) is 25.6 Å². The van der Waals surface area contributed by atoms with E-state index in [4.69, 9.17) is 9.47 Å². The van der Waals surface area contributed by atoms with Gasteiger partial charge in [0.15, 0.2) is 0 Å². The molecule has 0 aliphatic carbocycles. The number of anilines is 1. The zero-order valence-corrected chi connectivity index (χ0v) is 13.1. The van der Waals surface area contributed by atoms with Crippen LogP contribution >= 0.6 is 0 Å². The van der Waals surface area contributed by atoms with Crippen molar-refractivity contribution in [3.63, 3.8) is 0 Å². The Morgan fingerprint density at radius 3 is 2.90 bits per heavy atom. The minimum absolute atomic E-state index is 0.657. The average molecular weight is 294 g/mol. The van der Waals surface area contributed by atoms with Crippen LogP contribution in [0, 0.1) is 6.92 Å². The molecule has 1 N–H and O–H groups in total. The number of aromatic nitrogens is 2. The molecule has 6 nitrogen and oxygen atoms in total. The van der Waals surface area contributed by atoms with Gasteiger partial charge in [-0.3, -0.25) is 4.90 Å². The Labute approximate surface area is 126 Å². The molecule has 1 fully saturated rings. The highest BCUT2D eigenvalue weighted by molar-refractivity contribution is 5.38. The van der Waals surface area contributed by atoms with E-state index in [0.717, 1.165) is 63.9 Å². The lowest BCUT2D eigenvalue weighted by Gasteiger charge is -2.26. The van der Waals surface area contributed by atoms with Crippen LogP contribution in [0.25, 0.3) is 0 Å². The molecular weight excluding hydrogens is 268 g/mol. The number of ether oxygens (including phenoxy) is 2.